The fraction of sp³-hybridized carbons (Fsp3) is 0.412. The fourth-order valence-corrected chi connectivity index (χ4v) is 3.53. The Bertz CT molecular complexity index is 907. The summed E-state index contributed by atoms with van der Waals surface area (Å²) in [5.74, 6) is -5.27. The normalized spacial score (nSPS) is 24.8. The van der Waals surface area contributed by atoms with E-state index in [0.29, 0.717) is 12.6 Å². The summed E-state index contributed by atoms with van der Waals surface area (Å²) in [6.45, 7) is 0.161. The second-order valence-electron chi connectivity index (χ2n) is 6.60. The van der Waals surface area contributed by atoms with Gasteiger partial charge in [-0.3, -0.25) is 4.79 Å². The van der Waals surface area contributed by atoms with Crippen LogP contribution in [-0.2, 0) is 4.79 Å². The van der Waals surface area contributed by atoms with Crippen LogP contribution in [-0.4, -0.2) is 46.6 Å². The van der Waals surface area contributed by atoms with Crippen LogP contribution < -0.4 is 4.90 Å². The van der Waals surface area contributed by atoms with Crippen LogP contribution in [0.15, 0.2) is 28.0 Å². The first-order valence-electron chi connectivity index (χ1n) is 8.61. The van der Waals surface area contributed by atoms with Crippen LogP contribution in [0, 0.1) is 23.4 Å². The van der Waals surface area contributed by atoms with Crippen molar-refractivity contribution in [2.24, 2.45) is 11.0 Å². The number of anilines is 1. The van der Waals surface area contributed by atoms with Crippen LogP contribution >= 0.6 is 0 Å². The fourth-order valence-electron chi connectivity index (χ4n) is 3.53. The molecule has 2 aliphatic heterocycles. The maximum absolute atomic E-state index is 14.7. The summed E-state index contributed by atoms with van der Waals surface area (Å²) >= 11 is 0. The monoisotopic (exact) mass is 397 g/mol. The summed E-state index contributed by atoms with van der Waals surface area (Å²) in [4.78, 5) is 14.4. The molecule has 28 heavy (non-hydrogen) atoms. The van der Waals surface area contributed by atoms with Crippen LogP contribution in [0.5, 0.6) is 0 Å². The van der Waals surface area contributed by atoms with Crippen molar-refractivity contribution in [1.82, 2.24) is 15.2 Å². The predicted octanol–water partition coefficient (Wildman–Crippen LogP) is 2.61. The summed E-state index contributed by atoms with van der Waals surface area (Å²) in [6, 6.07) is 0.372. The Morgan fingerprint density at radius 1 is 1.25 bits per heavy atom. The van der Waals surface area contributed by atoms with Gasteiger partial charge >= 0.3 is 6.01 Å². The molecule has 0 saturated carbocycles. The number of hydrogen-bond donors (Lipinski definition) is 0. The van der Waals surface area contributed by atoms with Gasteiger partial charge in [-0.1, -0.05) is 5.10 Å². The molecule has 3 heterocycles. The summed E-state index contributed by atoms with van der Waals surface area (Å²) < 4.78 is 61.0. The van der Waals surface area contributed by atoms with Gasteiger partial charge in [0.25, 0.3) is 0 Å². The molecule has 1 aromatic carbocycles. The third-order valence-electron chi connectivity index (χ3n) is 4.91. The lowest BCUT2D eigenvalue weighted by atomic mass is 9.93. The minimum Gasteiger partial charge on any atom is -0.411 e. The molecule has 0 N–H and O–H groups in total. The molecular weight excluding hydrogens is 382 g/mol. The van der Waals surface area contributed by atoms with Crippen LogP contribution in [0.25, 0.3) is 0 Å². The molecule has 0 radical (unpaired) electrons. The van der Waals surface area contributed by atoms with Crippen molar-refractivity contribution in [3.05, 3.63) is 41.5 Å². The number of carbonyl (C=O) groups excluding carboxylic acids is 1. The Hall–Kier alpha value is -2.98. The molecule has 1 saturated heterocycles. The van der Waals surface area contributed by atoms with Crippen LogP contribution in [0.1, 0.15) is 24.4 Å². The summed E-state index contributed by atoms with van der Waals surface area (Å²) in [5.41, 5.74) is -0.331. The zero-order valence-corrected chi connectivity index (χ0v) is 14.4. The van der Waals surface area contributed by atoms with E-state index in [0.717, 1.165) is 17.5 Å². The lowest BCUT2D eigenvalue weighted by Gasteiger charge is -2.35. The Labute approximate surface area is 156 Å². The van der Waals surface area contributed by atoms with Gasteiger partial charge in [0.1, 0.15) is 12.0 Å². The molecule has 2 aliphatic rings. The summed E-state index contributed by atoms with van der Waals surface area (Å²) in [7, 11) is 0. The first-order chi connectivity index (χ1) is 13.5. The molecule has 0 bridgehead atoms. The van der Waals surface area contributed by atoms with E-state index in [9.17, 15) is 22.4 Å². The third-order valence-corrected chi connectivity index (χ3v) is 4.91. The van der Waals surface area contributed by atoms with Crippen molar-refractivity contribution in [1.29, 1.82) is 0 Å². The molecule has 148 valence electrons. The zero-order valence-electron chi connectivity index (χ0n) is 14.4. The first-order valence-corrected chi connectivity index (χ1v) is 8.61. The highest BCUT2D eigenvalue weighted by Gasteiger charge is 2.41. The predicted molar refractivity (Wildman–Crippen MR) is 88.5 cm³/mol. The highest BCUT2D eigenvalue weighted by atomic mass is 19.2. The third kappa shape index (κ3) is 3.20. The number of amides is 1. The van der Waals surface area contributed by atoms with E-state index in [4.69, 9.17) is 4.42 Å². The quantitative estimate of drug-likeness (QED) is 0.588. The van der Waals surface area contributed by atoms with E-state index in [1.165, 1.54) is 11.1 Å². The number of hydrazone groups is 1. The highest BCUT2D eigenvalue weighted by molar-refractivity contribution is 5.82. The molecule has 3 atom stereocenters. The number of halogens is 4. The largest absolute Gasteiger partial charge is 0.411 e. The van der Waals surface area contributed by atoms with Crippen molar-refractivity contribution in [3.8, 4) is 0 Å². The van der Waals surface area contributed by atoms with E-state index < -0.39 is 41.5 Å². The number of piperidine rings is 1. The molecule has 7 nitrogen and oxygen atoms in total. The number of hydrogen-bond acceptors (Lipinski definition) is 6. The van der Waals surface area contributed by atoms with Gasteiger partial charge in [-0.05, 0) is 12.5 Å². The van der Waals surface area contributed by atoms with Gasteiger partial charge in [0.15, 0.2) is 11.6 Å². The summed E-state index contributed by atoms with van der Waals surface area (Å²) in [6.07, 6.45) is 1.12. The van der Waals surface area contributed by atoms with Gasteiger partial charge < -0.3 is 9.32 Å². The van der Waals surface area contributed by atoms with Crippen molar-refractivity contribution in [3.63, 3.8) is 0 Å². The van der Waals surface area contributed by atoms with Gasteiger partial charge in [0, 0.05) is 30.8 Å². The average Bonchev–Trinajstić information content (AvgIpc) is 3.35. The molecule has 0 aliphatic carbocycles. The van der Waals surface area contributed by atoms with E-state index >= 15 is 0 Å². The minimum absolute atomic E-state index is 0.0728. The van der Waals surface area contributed by atoms with Crippen molar-refractivity contribution in [2.75, 3.05) is 18.0 Å². The van der Waals surface area contributed by atoms with Gasteiger partial charge in [0.05, 0.1) is 18.5 Å². The number of carbonyl (C=O) groups is 1. The Morgan fingerprint density at radius 2 is 2.07 bits per heavy atom. The number of alkyl halides is 1. The minimum atomic E-state index is -1.56. The molecule has 4 rings (SSSR count). The first kappa shape index (κ1) is 18.4. The second kappa shape index (κ2) is 7.21. The maximum atomic E-state index is 14.7. The SMILES string of the molecule is O=C([C@H]1CCN(c2nnco2)C[C@H]1F)N1N=CC[C@H]1c1cc(F)cc(F)c1F. The van der Waals surface area contributed by atoms with E-state index in [1.54, 1.807) is 0 Å². The molecule has 0 unspecified atom stereocenters. The second-order valence-corrected chi connectivity index (χ2v) is 6.60. The lowest BCUT2D eigenvalue weighted by molar-refractivity contribution is -0.140. The van der Waals surface area contributed by atoms with E-state index in [2.05, 4.69) is 15.3 Å². The number of aromatic nitrogens is 2. The molecule has 11 heteroatoms. The summed E-state index contributed by atoms with van der Waals surface area (Å²) in [5, 5.41) is 12.1. The average molecular weight is 397 g/mol. The van der Waals surface area contributed by atoms with Crippen LogP contribution in [0.2, 0.25) is 0 Å². The molecule has 2 aromatic rings. The maximum Gasteiger partial charge on any atom is 0.318 e. The van der Waals surface area contributed by atoms with Gasteiger partial charge in [-0.25, -0.2) is 22.6 Å². The Balaban J connectivity index is 1.52. The smallest absolute Gasteiger partial charge is 0.318 e. The van der Waals surface area contributed by atoms with Gasteiger partial charge in [-0.15, -0.1) is 5.10 Å². The standard InChI is InChI=1S/C17H15F4N5O2/c18-9-5-11(15(21)12(19)6-9)14-1-3-23-26(14)16(27)10-2-4-25(7-13(10)20)17-24-22-8-28-17/h3,5-6,8,10,13-14H,1-2,4,7H2/t10-,13+,14-/m0/s1. The van der Waals surface area contributed by atoms with Gasteiger partial charge in [0.2, 0.25) is 12.3 Å². The molecule has 1 amide bonds. The van der Waals surface area contributed by atoms with Crippen molar-refractivity contribution >= 4 is 18.1 Å². The van der Waals surface area contributed by atoms with Crippen LogP contribution in [0.3, 0.4) is 0 Å². The molecular formula is C17H15F4N5O2. The highest BCUT2D eigenvalue weighted by Crippen LogP contribution is 2.35. The number of rotatable bonds is 3. The van der Waals surface area contributed by atoms with E-state index in [-0.39, 0.29) is 31.0 Å². The number of nitrogens with zero attached hydrogens (tertiary/aromatic N) is 5. The zero-order chi connectivity index (χ0) is 19.8. The van der Waals surface area contributed by atoms with Crippen molar-refractivity contribution in [2.45, 2.75) is 25.1 Å². The van der Waals surface area contributed by atoms with Gasteiger partial charge in [-0.2, -0.15) is 5.10 Å². The Kier molecular flexibility index (Phi) is 4.73. The number of benzene rings is 1. The lowest BCUT2D eigenvalue weighted by Crippen LogP contribution is -2.48. The topological polar surface area (TPSA) is 74.8 Å². The Morgan fingerprint density at radius 3 is 2.79 bits per heavy atom. The van der Waals surface area contributed by atoms with Crippen molar-refractivity contribution < 1.29 is 26.8 Å². The van der Waals surface area contributed by atoms with E-state index in [1.807, 2.05) is 0 Å². The molecule has 0 spiro atoms. The van der Waals surface area contributed by atoms with Crippen LogP contribution in [0.4, 0.5) is 23.6 Å². The molecule has 1 fully saturated rings. The molecule has 1 aromatic heterocycles.